The van der Waals surface area contributed by atoms with Gasteiger partial charge in [0.1, 0.15) is 5.82 Å². The van der Waals surface area contributed by atoms with Crippen molar-refractivity contribution >= 4 is 34.8 Å². The molecule has 55 heavy (non-hydrogen) atoms. The highest BCUT2D eigenvalue weighted by molar-refractivity contribution is 6.88. The summed E-state index contributed by atoms with van der Waals surface area (Å²) in [5.74, 6) is -0.0578. The summed E-state index contributed by atoms with van der Waals surface area (Å²) in [6.45, 7) is 13.4. The summed E-state index contributed by atoms with van der Waals surface area (Å²) in [6.07, 6.45) is 20.2. The SMILES string of the molecule is CCCCCCCCC1(CCCCCCCC)c2ccccc2-c2ccc(-c3cc(C)cc(-c4nccc5c4ccc4c(F)c([Si](C)(C)C)ccc45)c3)cc21. The van der Waals surface area contributed by atoms with Crippen molar-refractivity contribution in [1.82, 2.24) is 4.98 Å². The fourth-order valence-corrected chi connectivity index (χ4v) is 11.0. The first kappa shape index (κ1) is 39.2. The predicted octanol–water partition coefficient (Wildman–Crippen LogP) is 15.5. The Hall–Kier alpha value is -4.08. The molecule has 6 aromatic rings. The number of hydrogen-bond donors (Lipinski definition) is 0. The molecule has 0 amide bonds. The Morgan fingerprint density at radius 3 is 1.85 bits per heavy atom. The summed E-state index contributed by atoms with van der Waals surface area (Å²) in [7, 11) is -1.82. The minimum absolute atomic E-state index is 0.0486. The largest absolute Gasteiger partial charge is 0.256 e. The third-order valence-electron chi connectivity index (χ3n) is 12.6. The first-order chi connectivity index (χ1) is 26.7. The van der Waals surface area contributed by atoms with Gasteiger partial charge in [-0.3, -0.25) is 4.98 Å². The van der Waals surface area contributed by atoms with Crippen molar-refractivity contribution in [2.24, 2.45) is 0 Å². The Balaban J connectivity index is 1.28. The number of hydrogen-bond acceptors (Lipinski definition) is 1. The molecule has 0 atom stereocenters. The lowest BCUT2D eigenvalue weighted by atomic mass is 9.70. The number of benzene rings is 5. The Kier molecular flexibility index (Phi) is 12.1. The maximum atomic E-state index is 15.9. The fourth-order valence-electron chi connectivity index (χ4n) is 9.64. The Bertz CT molecular complexity index is 2260. The van der Waals surface area contributed by atoms with Crippen LogP contribution in [-0.2, 0) is 5.41 Å². The lowest BCUT2D eigenvalue weighted by molar-refractivity contribution is 0.398. The summed E-state index contributed by atoms with van der Waals surface area (Å²) in [5, 5.41) is 4.67. The molecule has 0 saturated heterocycles. The van der Waals surface area contributed by atoms with Crippen LogP contribution in [0.1, 0.15) is 120 Å². The van der Waals surface area contributed by atoms with Crippen LogP contribution in [0.4, 0.5) is 4.39 Å². The number of unbranched alkanes of at least 4 members (excludes halogenated alkanes) is 10. The average Bonchev–Trinajstić information content (AvgIpc) is 3.45. The van der Waals surface area contributed by atoms with Crippen molar-refractivity contribution in [3.63, 3.8) is 0 Å². The average molecular weight is 748 g/mol. The second kappa shape index (κ2) is 17.0. The van der Waals surface area contributed by atoms with Gasteiger partial charge in [-0.2, -0.15) is 0 Å². The molecule has 0 fully saturated rings. The fraction of sp³-hybridized carbons (Fsp3) is 0.404. The van der Waals surface area contributed by atoms with Crippen LogP contribution in [0.3, 0.4) is 0 Å². The van der Waals surface area contributed by atoms with Gasteiger partial charge in [-0.05, 0) is 98.9 Å². The molecule has 0 unspecified atom stereocenters. The van der Waals surface area contributed by atoms with Crippen LogP contribution in [-0.4, -0.2) is 13.1 Å². The van der Waals surface area contributed by atoms with Gasteiger partial charge < -0.3 is 0 Å². The molecule has 3 heteroatoms. The summed E-state index contributed by atoms with van der Waals surface area (Å²) in [4.78, 5) is 4.98. The molecule has 1 aliphatic carbocycles. The molecule has 1 aromatic heterocycles. The van der Waals surface area contributed by atoms with E-state index < -0.39 is 8.07 Å². The molecule has 0 radical (unpaired) electrons. The molecule has 1 heterocycles. The number of aryl methyl sites for hydroxylation is 1. The van der Waals surface area contributed by atoms with Gasteiger partial charge in [0, 0.05) is 27.9 Å². The monoisotopic (exact) mass is 747 g/mol. The number of fused-ring (bicyclic) bond motifs is 6. The molecule has 1 aliphatic rings. The van der Waals surface area contributed by atoms with E-state index in [1.54, 1.807) is 5.56 Å². The van der Waals surface area contributed by atoms with Gasteiger partial charge in [-0.15, -0.1) is 0 Å². The predicted molar refractivity (Wildman–Crippen MR) is 240 cm³/mol. The van der Waals surface area contributed by atoms with Gasteiger partial charge in [0.25, 0.3) is 0 Å². The topological polar surface area (TPSA) is 12.9 Å². The van der Waals surface area contributed by atoms with Crippen LogP contribution in [0.2, 0.25) is 19.6 Å². The Morgan fingerprint density at radius 2 is 1.15 bits per heavy atom. The van der Waals surface area contributed by atoms with Crippen molar-refractivity contribution in [2.45, 2.75) is 136 Å². The Labute approximate surface area is 331 Å². The maximum absolute atomic E-state index is 15.9. The molecule has 1 nitrogen and oxygen atoms in total. The van der Waals surface area contributed by atoms with Crippen LogP contribution in [0, 0.1) is 12.7 Å². The number of aromatic nitrogens is 1. The summed E-state index contributed by atoms with van der Waals surface area (Å²) >= 11 is 0. The van der Waals surface area contributed by atoms with E-state index in [0.29, 0.717) is 5.39 Å². The summed E-state index contributed by atoms with van der Waals surface area (Å²) < 4.78 is 15.9. The van der Waals surface area contributed by atoms with Crippen molar-refractivity contribution < 1.29 is 4.39 Å². The number of pyridine rings is 1. The molecular weight excluding hydrogens is 686 g/mol. The second-order valence-electron chi connectivity index (χ2n) is 17.6. The van der Waals surface area contributed by atoms with Gasteiger partial charge in [0.15, 0.2) is 0 Å². The molecule has 286 valence electrons. The van der Waals surface area contributed by atoms with E-state index in [4.69, 9.17) is 4.98 Å². The molecule has 0 aliphatic heterocycles. The lowest BCUT2D eigenvalue weighted by Gasteiger charge is -2.33. The first-order valence-corrected chi connectivity index (χ1v) is 25.0. The highest BCUT2D eigenvalue weighted by Crippen LogP contribution is 2.55. The quantitative estimate of drug-likeness (QED) is 0.0514. The minimum atomic E-state index is -1.82. The van der Waals surface area contributed by atoms with Crippen LogP contribution >= 0.6 is 0 Å². The van der Waals surface area contributed by atoms with E-state index in [9.17, 15) is 0 Å². The zero-order valence-corrected chi connectivity index (χ0v) is 35.5. The van der Waals surface area contributed by atoms with E-state index in [-0.39, 0.29) is 11.2 Å². The number of nitrogens with zero attached hydrogens (tertiary/aromatic N) is 1. The molecule has 0 N–H and O–H groups in total. The highest BCUT2D eigenvalue weighted by atomic mass is 28.3. The van der Waals surface area contributed by atoms with Crippen LogP contribution in [0.15, 0.2) is 97.2 Å². The maximum Gasteiger partial charge on any atom is 0.130 e. The van der Waals surface area contributed by atoms with E-state index in [1.165, 1.54) is 123 Å². The molecule has 5 aromatic carbocycles. The van der Waals surface area contributed by atoms with Gasteiger partial charge in [-0.1, -0.05) is 177 Å². The number of halogens is 1. The van der Waals surface area contributed by atoms with Gasteiger partial charge >= 0.3 is 0 Å². The van der Waals surface area contributed by atoms with E-state index in [0.717, 1.165) is 32.6 Å². The van der Waals surface area contributed by atoms with Crippen LogP contribution in [0.5, 0.6) is 0 Å². The molecule has 0 bridgehead atoms. The van der Waals surface area contributed by atoms with Gasteiger partial charge in [0.05, 0.1) is 13.8 Å². The van der Waals surface area contributed by atoms with Crippen molar-refractivity contribution in [1.29, 1.82) is 0 Å². The van der Waals surface area contributed by atoms with E-state index >= 15 is 4.39 Å². The van der Waals surface area contributed by atoms with Crippen LogP contribution in [0.25, 0.3) is 55.1 Å². The summed E-state index contributed by atoms with van der Waals surface area (Å²) in [5.41, 5.74) is 11.8. The molecule has 0 spiro atoms. The van der Waals surface area contributed by atoms with Gasteiger partial charge in [0.2, 0.25) is 0 Å². The third kappa shape index (κ3) is 7.97. The highest BCUT2D eigenvalue weighted by Gasteiger charge is 2.42. The van der Waals surface area contributed by atoms with Crippen molar-refractivity contribution in [3.05, 3.63) is 120 Å². The van der Waals surface area contributed by atoms with Crippen molar-refractivity contribution in [3.8, 4) is 33.5 Å². The van der Waals surface area contributed by atoms with Crippen molar-refractivity contribution in [2.75, 3.05) is 0 Å². The lowest BCUT2D eigenvalue weighted by Crippen LogP contribution is -2.39. The zero-order chi connectivity index (χ0) is 38.6. The summed E-state index contributed by atoms with van der Waals surface area (Å²) in [6, 6.07) is 33.9. The molecular formula is C52H62FNSi. The van der Waals surface area contributed by atoms with Crippen LogP contribution < -0.4 is 5.19 Å². The molecule has 0 saturated carbocycles. The van der Waals surface area contributed by atoms with E-state index in [2.05, 4.69) is 119 Å². The van der Waals surface area contributed by atoms with Gasteiger partial charge in [-0.25, -0.2) is 4.39 Å². The Morgan fingerprint density at radius 1 is 0.545 bits per heavy atom. The second-order valence-corrected chi connectivity index (χ2v) is 22.6. The molecule has 7 rings (SSSR count). The van der Waals surface area contributed by atoms with E-state index in [1.807, 2.05) is 18.3 Å². The standard InChI is InChI=1S/C52H62FNSi/c1-7-9-11-13-15-19-30-52(31-20-16-14-12-10-8-2)47-22-18-17-21-43(47)44-24-23-38(36-48(44)52)39-33-37(3)34-40(35-39)51-46-26-25-45-41(42(46)29-32-54-51)27-28-49(50(45)53)55(4,5)6/h17-18,21-29,32-36H,7-16,19-20,30-31H2,1-6H3. The normalized spacial score (nSPS) is 13.4. The first-order valence-electron chi connectivity index (χ1n) is 21.5. The minimum Gasteiger partial charge on any atom is -0.256 e. The zero-order valence-electron chi connectivity index (χ0n) is 34.5. The number of rotatable bonds is 17. The third-order valence-corrected chi connectivity index (χ3v) is 14.6. The smallest absolute Gasteiger partial charge is 0.130 e.